The predicted octanol–water partition coefficient (Wildman–Crippen LogP) is -0.0308. The van der Waals surface area contributed by atoms with E-state index in [1.165, 1.54) is 0 Å². The summed E-state index contributed by atoms with van der Waals surface area (Å²) in [6.45, 7) is 8.07. The average Bonchev–Trinajstić information content (AvgIpc) is 2.26. The molecule has 0 aliphatic carbocycles. The van der Waals surface area contributed by atoms with Crippen molar-refractivity contribution in [1.82, 2.24) is 10.3 Å². The number of amides is 1. The first-order chi connectivity index (χ1) is 7.04. The molecule has 0 fully saturated rings. The van der Waals surface area contributed by atoms with Crippen LogP contribution in [0.2, 0.25) is 0 Å². The molecular formula is C10H23N3O2. The molecule has 5 heteroatoms. The Labute approximate surface area is 91.9 Å². The maximum atomic E-state index is 11.3. The van der Waals surface area contributed by atoms with Crippen molar-refractivity contribution in [2.75, 3.05) is 26.8 Å². The molecular weight excluding hydrogens is 194 g/mol. The van der Waals surface area contributed by atoms with E-state index in [0.29, 0.717) is 6.61 Å². The Morgan fingerprint density at radius 2 is 2.13 bits per heavy atom. The summed E-state index contributed by atoms with van der Waals surface area (Å²) >= 11 is 0. The van der Waals surface area contributed by atoms with Crippen LogP contribution < -0.4 is 11.3 Å². The number of ether oxygens (including phenoxy) is 1. The second kappa shape index (κ2) is 7.62. The van der Waals surface area contributed by atoms with Crippen molar-refractivity contribution in [3.63, 3.8) is 0 Å². The molecule has 2 atom stereocenters. The van der Waals surface area contributed by atoms with E-state index in [1.54, 1.807) is 0 Å². The Hall–Kier alpha value is -0.650. The fourth-order valence-electron chi connectivity index (χ4n) is 1.29. The SMILES string of the molecule is CCOCCN(C)C(C)C(C)C(=O)NN. The van der Waals surface area contributed by atoms with Gasteiger partial charge in [-0.15, -0.1) is 0 Å². The summed E-state index contributed by atoms with van der Waals surface area (Å²) in [5.41, 5.74) is 2.17. The Morgan fingerprint density at radius 1 is 1.53 bits per heavy atom. The number of hydrazine groups is 1. The topological polar surface area (TPSA) is 67.6 Å². The van der Waals surface area contributed by atoms with E-state index < -0.39 is 0 Å². The number of likely N-dealkylation sites (N-methyl/N-ethyl adjacent to an activating group) is 1. The maximum Gasteiger partial charge on any atom is 0.238 e. The van der Waals surface area contributed by atoms with E-state index in [0.717, 1.165) is 13.2 Å². The van der Waals surface area contributed by atoms with Crippen LogP contribution in [0.5, 0.6) is 0 Å². The molecule has 1 amide bonds. The summed E-state index contributed by atoms with van der Waals surface area (Å²) in [7, 11) is 1.98. The number of carbonyl (C=O) groups excluding carboxylic acids is 1. The zero-order chi connectivity index (χ0) is 11.8. The van der Waals surface area contributed by atoms with Crippen LogP contribution in [0.4, 0.5) is 0 Å². The second-order valence-electron chi connectivity index (χ2n) is 3.72. The van der Waals surface area contributed by atoms with Crippen molar-refractivity contribution in [1.29, 1.82) is 0 Å². The lowest BCUT2D eigenvalue weighted by Gasteiger charge is -2.28. The summed E-state index contributed by atoms with van der Waals surface area (Å²) in [6.07, 6.45) is 0. The molecule has 0 aromatic rings. The molecule has 0 spiro atoms. The first kappa shape index (κ1) is 14.3. The molecule has 90 valence electrons. The van der Waals surface area contributed by atoms with E-state index in [2.05, 4.69) is 10.3 Å². The number of nitrogens with one attached hydrogen (secondary N) is 1. The van der Waals surface area contributed by atoms with Crippen molar-refractivity contribution in [3.05, 3.63) is 0 Å². The first-order valence-corrected chi connectivity index (χ1v) is 5.33. The van der Waals surface area contributed by atoms with Crippen molar-refractivity contribution >= 4 is 5.91 Å². The highest BCUT2D eigenvalue weighted by molar-refractivity contribution is 5.78. The Balaban J connectivity index is 3.95. The zero-order valence-electron chi connectivity index (χ0n) is 10.1. The lowest BCUT2D eigenvalue weighted by Crippen LogP contribution is -2.45. The minimum absolute atomic E-state index is 0.123. The van der Waals surface area contributed by atoms with Gasteiger partial charge in [-0.05, 0) is 20.9 Å². The van der Waals surface area contributed by atoms with Gasteiger partial charge in [0.25, 0.3) is 0 Å². The predicted molar refractivity (Wildman–Crippen MR) is 60.1 cm³/mol. The van der Waals surface area contributed by atoms with Crippen LogP contribution in [-0.2, 0) is 9.53 Å². The maximum absolute atomic E-state index is 11.3. The van der Waals surface area contributed by atoms with Crippen molar-refractivity contribution in [3.8, 4) is 0 Å². The minimum atomic E-state index is -0.134. The highest BCUT2D eigenvalue weighted by atomic mass is 16.5. The smallest absolute Gasteiger partial charge is 0.238 e. The van der Waals surface area contributed by atoms with Crippen LogP contribution >= 0.6 is 0 Å². The van der Waals surface area contributed by atoms with Crippen LogP contribution in [0.1, 0.15) is 20.8 Å². The second-order valence-corrected chi connectivity index (χ2v) is 3.72. The summed E-state index contributed by atoms with van der Waals surface area (Å²) < 4.78 is 5.25. The van der Waals surface area contributed by atoms with Crippen LogP contribution in [0.3, 0.4) is 0 Å². The summed E-state index contributed by atoms with van der Waals surface area (Å²) in [5, 5.41) is 0. The molecule has 0 bridgehead atoms. The first-order valence-electron chi connectivity index (χ1n) is 5.33. The van der Waals surface area contributed by atoms with Crippen LogP contribution in [0.15, 0.2) is 0 Å². The molecule has 0 aromatic heterocycles. The van der Waals surface area contributed by atoms with Crippen molar-refractivity contribution < 1.29 is 9.53 Å². The van der Waals surface area contributed by atoms with Gasteiger partial charge in [-0.1, -0.05) is 6.92 Å². The number of nitrogens with two attached hydrogens (primary N) is 1. The fourth-order valence-corrected chi connectivity index (χ4v) is 1.29. The van der Waals surface area contributed by atoms with Gasteiger partial charge >= 0.3 is 0 Å². The van der Waals surface area contributed by atoms with Gasteiger partial charge < -0.3 is 9.64 Å². The van der Waals surface area contributed by atoms with Crippen LogP contribution in [-0.4, -0.2) is 43.7 Å². The fraction of sp³-hybridized carbons (Fsp3) is 0.900. The largest absolute Gasteiger partial charge is 0.380 e. The van der Waals surface area contributed by atoms with Gasteiger partial charge in [0.05, 0.1) is 12.5 Å². The molecule has 0 rings (SSSR count). The van der Waals surface area contributed by atoms with Gasteiger partial charge in [-0.3, -0.25) is 10.2 Å². The molecule has 0 aliphatic rings. The molecule has 3 N–H and O–H groups in total. The Morgan fingerprint density at radius 3 is 2.60 bits per heavy atom. The Bertz CT molecular complexity index is 188. The van der Waals surface area contributed by atoms with E-state index in [1.807, 2.05) is 27.8 Å². The van der Waals surface area contributed by atoms with Gasteiger partial charge in [0.15, 0.2) is 0 Å². The van der Waals surface area contributed by atoms with Gasteiger partial charge in [-0.25, -0.2) is 5.84 Å². The third-order valence-electron chi connectivity index (χ3n) is 2.77. The highest BCUT2D eigenvalue weighted by Gasteiger charge is 2.22. The third kappa shape index (κ3) is 5.11. The molecule has 0 aliphatic heterocycles. The molecule has 0 saturated heterocycles. The molecule has 15 heavy (non-hydrogen) atoms. The number of hydrogen-bond acceptors (Lipinski definition) is 4. The molecule has 0 saturated carbocycles. The standard InChI is InChI=1S/C10H23N3O2/c1-5-15-7-6-13(4)9(3)8(2)10(14)12-11/h8-9H,5-7,11H2,1-4H3,(H,12,14). The van der Waals surface area contributed by atoms with E-state index in [4.69, 9.17) is 10.6 Å². The number of carbonyl (C=O) groups is 1. The highest BCUT2D eigenvalue weighted by Crippen LogP contribution is 2.08. The van der Waals surface area contributed by atoms with E-state index in [-0.39, 0.29) is 17.9 Å². The number of rotatable bonds is 7. The third-order valence-corrected chi connectivity index (χ3v) is 2.77. The van der Waals surface area contributed by atoms with Crippen molar-refractivity contribution in [2.24, 2.45) is 11.8 Å². The van der Waals surface area contributed by atoms with Crippen LogP contribution in [0.25, 0.3) is 0 Å². The van der Waals surface area contributed by atoms with Gasteiger partial charge in [-0.2, -0.15) is 0 Å². The minimum Gasteiger partial charge on any atom is -0.380 e. The number of nitrogens with zero attached hydrogens (tertiary/aromatic N) is 1. The quantitative estimate of drug-likeness (QED) is 0.272. The molecule has 2 unspecified atom stereocenters. The van der Waals surface area contributed by atoms with E-state index in [9.17, 15) is 4.79 Å². The van der Waals surface area contributed by atoms with Gasteiger partial charge in [0, 0.05) is 19.2 Å². The number of hydrogen-bond donors (Lipinski definition) is 2. The molecule has 0 heterocycles. The lowest BCUT2D eigenvalue weighted by atomic mass is 10.0. The van der Waals surface area contributed by atoms with Crippen LogP contribution in [0, 0.1) is 5.92 Å². The lowest BCUT2D eigenvalue weighted by molar-refractivity contribution is -0.126. The van der Waals surface area contributed by atoms with Gasteiger partial charge in [0.1, 0.15) is 0 Å². The summed E-state index contributed by atoms with van der Waals surface area (Å²) in [5.74, 6) is 4.83. The van der Waals surface area contributed by atoms with E-state index >= 15 is 0 Å². The summed E-state index contributed by atoms with van der Waals surface area (Å²) in [4.78, 5) is 13.4. The Kier molecular flexibility index (Phi) is 7.29. The molecule has 0 aromatic carbocycles. The monoisotopic (exact) mass is 217 g/mol. The van der Waals surface area contributed by atoms with Crippen molar-refractivity contribution in [2.45, 2.75) is 26.8 Å². The average molecular weight is 217 g/mol. The normalized spacial score (nSPS) is 15.1. The molecule has 5 nitrogen and oxygen atoms in total. The summed E-state index contributed by atoms with van der Waals surface area (Å²) in [6, 6.07) is 0.147. The zero-order valence-corrected chi connectivity index (χ0v) is 10.1. The van der Waals surface area contributed by atoms with Gasteiger partial charge in [0.2, 0.25) is 5.91 Å². The molecule has 0 radical (unpaired) electrons.